The van der Waals surface area contributed by atoms with E-state index in [1.54, 1.807) is 12.0 Å². The molecule has 0 aliphatic carbocycles. The molecular weight excluding hydrogens is 730 g/mol. The minimum Gasteiger partial charge on any atom is -0.495 e. The number of urea groups is 1. The first-order valence-electron chi connectivity index (χ1n) is 15.8. The number of piperazine rings is 1. The number of nitrogen functional groups attached to an aromatic ring is 1. The van der Waals surface area contributed by atoms with Crippen LogP contribution in [0.1, 0.15) is 18.4 Å². The van der Waals surface area contributed by atoms with E-state index in [0.29, 0.717) is 73.4 Å². The molecule has 13 heteroatoms. The van der Waals surface area contributed by atoms with Crippen molar-refractivity contribution >= 4 is 66.8 Å². The molecule has 6 rings (SSSR count). The Balaban J connectivity index is 1.16. The number of carbonyl (C=O) groups excluding carboxylic acids is 3. The van der Waals surface area contributed by atoms with E-state index >= 15 is 0 Å². The van der Waals surface area contributed by atoms with Crippen molar-refractivity contribution < 1.29 is 19.1 Å². The molecule has 4 amide bonds. The number of nitrogens with zero attached hydrogens (tertiary/aromatic N) is 4. The highest BCUT2D eigenvalue weighted by Gasteiger charge is 2.51. The Labute approximate surface area is 291 Å². The minimum atomic E-state index is -0.797. The minimum absolute atomic E-state index is 0.0127. The maximum absolute atomic E-state index is 14.1. The van der Waals surface area contributed by atoms with E-state index in [1.165, 1.54) is 0 Å². The zero-order chi connectivity index (χ0) is 33.1. The number of piperidine rings is 1. The number of para-hydroxylation sites is 3. The number of benzene rings is 3. The van der Waals surface area contributed by atoms with Crippen molar-refractivity contribution in [1.29, 1.82) is 0 Å². The molecule has 3 saturated heterocycles. The SMILES string of the molecule is COc1ccccc1N1CCN(C(=O)[C@@H](Cc2cc(Br)c(N)c(Br)c2)NC(=O)N2CCC3(CC2)C(=O)NCN3c2ccccc2)CC1. The first kappa shape index (κ1) is 33.0. The van der Waals surface area contributed by atoms with Crippen LogP contribution in [-0.4, -0.2) is 92.3 Å². The van der Waals surface area contributed by atoms with Crippen molar-refractivity contribution in [3.05, 3.63) is 81.2 Å². The Morgan fingerprint density at radius 3 is 2.23 bits per heavy atom. The number of likely N-dealkylation sites (tertiary alicyclic amines) is 1. The highest BCUT2D eigenvalue weighted by molar-refractivity contribution is 9.11. The molecule has 1 spiro atoms. The number of carbonyl (C=O) groups is 3. The summed E-state index contributed by atoms with van der Waals surface area (Å²) in [4.78, 5) is 48.9. The molecule has 3 aromatic rings. The Bertz CT molecular complexity index is 1600. The van der Waals surface area contributed by atoms with Crippen molar-refractivity contribution in [1.82, 2.24) is 20.4 Å². The second kappa shape index (κ2) is 14.0. The second-order valence-corrected chi connectivity index (χ2v) is 13.8. The summed E-state index contributed by atoms with van der Waals surface area (Å²) in [6, 6.07) is 20.4. The molecule has 0 radical (unpaired) electrons. The summed E-state index contributed by atoms with van der Waals surface area (Å²) < 4.78 is 6.98. The number of amides is 4. The molecule has 3 aromatic carbocycles. The monoisotopic (exact) mass is 767 g/mol. The van der Waals surface area contributed by atoms with Crippen LogP contribution in [0.3, 0.4) is 0 Å². The number of halogens is 2. The van der Waals surface area contributed by atoms with Crippen molar-refractivity contribution in [2.75, 3.05) is 68.6 Å². The number of anilines is 3. The Kier molecular flexibility index (Phi) is 9.83. The molecule has 0 unspecified atom stereocenters. The summed E-state index contributed by atoms with van der Waals surface area (Å²) in [7, 11) is 1.66. The van der Waals surface area contributed by atoms with Gasteiger partial charge in [0.2, 0.25) is 11.8 Å². The van der Waals surface area contributed by atoms with Gasteiger partial charge in [-0.25, -0.2) is 4.79 Å². The maximum Gasteiger partial charge on any atom is 0.318 e. The molecule has 3 aliphatic rings. The fourth-order valence-electron chi connectivity index (χ4n) is 6.82. The third-order valence-electron chi connectivity index (χ3n) is 9.47. The molecule has 0 aromatic heterocycles. The number of hydrogen-bond acceptors (Lipinski definition) is 7. The topological polar surface area (TPSA) is 123 Å². The Morgan fingerprint density at radius 2 is 1.57 bits per heavy atom. The van der Waals surface area contributed by atoms with Crippen LogP contribution in [0.5, 0.6) is 5.75 Å². The lowest BCUT2D eigenvalue weighted by atomic mass is 9.85. The zero-order valence-corrected chi connectivity index (χ0v) is 29.4. The van der Waals surface area contributed by atoms with Gasteiger partial charge < -0.3 is 40.7 Å². The number of nitrogens with one attached hydrogen (secondary N) is 2. The molecule has 4 N–H and O–H groups in total. The van der Waals surface area contributed by atoms with Gasteiger partial charge in [0.15, 0.2) is 0 Å². The second-order valence-electron chi connectivity index (χ2n) is 12.1. The number of rotatable bonds is 7. The highest BCUT2D eigenvalue weighted by atomic mass is 79.9. The van der Waals surface area contributed by atoms with E-state index < -0.39 is 11.6 Å². The first-order valence-corrected chi connectivity index (χ1v) is 17.4. The van der Waals surface area contributed by atoms with Crippen LogP contribution in [0.25, 0.3) is 0 Å². The van der Waals surface area contributed by atoms with Gasteiger partial charge in [-0.2, -0.15) is 0 Å². The molecule has 0 saturated carbocycles. The largest absolute Gasteiger partial charge is 0.495 e. The number of methoxy groups -OCH3 is 1. The lowest BCUT2D eigenvalue weighted by molar-refractivity contribution is -0.133. The zero-order valence-electron chi connectivity index (χ0n) is 26.3. The third-order valence-corrected chi connectivity index (χ3v) is 10.8. The van der Waals surface area contributed by atoms with Crippen LogP contribution in [-0.2, 0) is 16.0 Å². The van der Waals surface area contributed by atoms with E-state index in [1.807, 2.05) is 71.6 Å². The molecular formula is C34H39Br2N7O4. The maximum atomic E-state index is 14.1. The number of nitrogens with two attached hydrogens (primary N) is 1. The lowest BCUT2D eigenvalue weighted by Gasteiger charge is -2.43. The predicted molar refractivity (Wildman–Crippen MR) is 190 cm³/mol. The fraction of sp³-hybridized carbons (Fsp3) is 0.382. The highest BCUT2D eigenvalue weighted by Crippen LogP contribution is 2.36. The molecule has 3 aliphatic heterocycles. The fourth-order valence-corrected chi connectivity index (χ4v) is 8.10. The van der Waals surface area contributed by atoms with E-state index in [4.69, 9.17) is 10.5 Å². The Morgan fingerprint density at radius 1 is 0.936 bits per heavy atom. The van der Waals surface area contributed by atoms with Crippen molar-refractivity contribution in [2.24, 2.45) is 0 Å². The van der Waals surface area contributed by atoms with Crippen molar-refractivity contribution in [3.8, 4) is 5.75 Å². The van der Waals surface area contributed by atoms with Gasteiger partial charge >= 0.3 is 6.03 Å². The van der Waals surface area contributed by atoms with Crippen LogP contribution < -0.4 is 30.9 Å². The molecule has 3 heterocycles. The molecule has 11 nitrogen and oxygen atoms in total. The van der Waals surface area contributed by atoms with Crippen LogP contribution in [0.15, 0.2) is 75.7 Å². The smallest absolute Gasteiger partial charge is 0.318 e. The van der Waals surface area contributed by atoms with Crippen molar-refractivity contribution in [2.45, 2.75) is 30.8 Å². The lowest BCUT2D eigenvalue weighted by Crippen LogP contribution is -2.60. The summed E-state index contributed by atoms with van der Waals surface area (Å²) in [6.07, 6.45) is 1.27. The normalized spacial score (nSPS) is 18.2. The van der Waals surface area contributed by atoms with Crippen LogP contribution in [0.2, 0.25) is 0 Å². The van der Waals surface area contributed by atoms with Crippen LogP contribution >= 0.6 is 31.9 Å². The van der Waals surface area contributed by atoms with Gasteiger partial charge in [0.05, 0.1) is 25.2 Å². The number of hydrogen-bond donors (Lipinski definition) is 3. The molecule has 47 heavy (non-hydrogen) atoms. The van der Waals surface area contributed by atoms with Gasteiger partial charge in [-0.15, -0.1) is 0 Å². The van der Waals surface area contributed by atoms with Crippen LogP contribution in [0.4, 0.5) is 21.9 Å². The summed E-state index contributed by atoms with van der Waals surface area (Å²) in [5.41, 5.74) is 8.80. The first-order chi connectivity index (χ1) is 22.7. The van der Waals surface area contributed by atoms with Gasteiger partial charge in [-0.3, -0.25) is 9.59 Å². The summed E-state index contributed by atoms with van der Waals surface area (Å²) in [5, 5.41) is 6.07. The van der Waals surface area contributed by atoms with Gasteiger partial charge in [-0.1, -0.05) is 30.3 Å². The quantitative estimate of drug-likeness (QED) is 0.308. The van der Waals surface area contributed by atoms with Gasteiger partial charge in [0.25, 0.3) is 0 Å². The molecule has 1 atom stereocenters. The average molecular weight is 770 g/mol. The standard InChI is InChI=1S/C34H39Br2N7O4/c1-47-29-10-6-5-9-28(29)40-15-17-41(18-16-40)31(44)27(21-23-19-25(35)30(37)26(36)20-23)39-33(46)42-13-11-34(12-14-42)32(45)38-22-43(34)24-7-3-2-4-8-24/h2-10,19-20,27H,11-18,21-22,37H2,1H3,(H,38,45)(H,39,46)/t27-/m1/s1. The van der Waals surface area contributed by atoms with Crippen LogP contribution in [0, 0.1) is 0 Å². The summed E-state index contributed by atoms with van der Waals surface area (Å²) in [6.45, 7) is 3.51. The summed E-state index contributed by atoms with van der Waals surface area (Å²) >= 11 is 7.02. The van der Waals surface area contributed by atoms with E-state index in [2.05, 4.69) is 52.3 Å². The average Bonchev–Trinajstić information content (AvgIpc) is 3.41. The van der Waals surface area contributed by atoms with Crippen molar-refractivity contribution in [3.63, 3.8) is 0 Å². The number of ether oxygens (including phenoxy) is 1. The van der Waals surface area contributed by atoms with Gasteiger partial charge in [-0.05, 0) is 86.7 Å². The van der Waals surface area contributed by atoms with Gasteiger partial charge in [0, 0.05) is 60.3 Å². The predicted octanol–water partition coefficient (Wildman–Crippen LogP) is 4.20. The van der Waals surface area contributed by atoms with E-state index in [0.717, 1.165) is 22.7 Å². The molecule has 3 fully saturated rings. The van der Waals surface area contributed by atoms with E-state index in [-0.39, 0.29) is 24.3 Å². The van der Waals surface area contributed by atoms with Gasteiger partial charge in [0.1, 0.15) is 17.3 Å². The Hall–Kier alpha value is -3.97. The molecule has 248 valence electrons. The van der Waals surface area contributed by atoms with E-state index in [9.17, 15) is 14.4 Å². The molecule has 0 bridgehead atoms. The third kappa shape index (κ3) is 6.73. The summed E-state index contributed by atoms with van der Waals surface area (Å²) in [5.74, 6) is 0.643.